The van der Waals surface area contributed by atoms with Gasteiger partial charge in [0.05, 0.1) is 0 Å². The van der Waals surface area contributed by atoms with Gasteiger partial charge in [-0.2, -0.15) is 0 Å². The molecule has 1 aromatic carbocycles. The Hall–Kier alpha value is -2.16. The highest BCUT2D eigenvalue weighted by Gasteiger charge is 2.25. The largest absolute Gasteiger partial charge is 0.356 e. The normalized spacial score (nSPS) is 17.0. The molecule has 1 aliphatic rings. The highest BCUT2D eigenvalue weighted by atomic mass is 127. The number of amides is 1. The van der Waals surface area contributed by atoms with E-state index in [0.717, 1.165) is 18.2 Å². The Balaban J connectivity index is 0.00000300. The van der Waals surface area contributed by atoms with Crippen LogP contribution in [0.25, 0.3) is 0 Å². The highest BCUT2D eigenvalue weighted by Crippen LogP contribution is 2.31. The first-order valence-corrected chi connectivity index (χ1v) is 9.81. The van der Waals surface area contributed by atoms with E-state index in [4.69, 9.17) is 0 Å². The number of halogens is 1. The molecule has 3 rings (SSSR count). The van der Waals surface area contributed by atoms with Gasteiger partial charge in [-0.15, -0.1) is 24.0 Å². The maximum absolute atomic E-state index is 12.0. The van der Waals surface area contributed by atoms with Crippen molar-refractivity contribution >= 4 is 41.5 Å². The van der Waals surface area contributed by atoms with Crippen LogP contribution in [-0.4, -0.2) is 37.0 Å². The third kappa shape index (κ3) is 6.16. The second-order valence-corrected chi connectivity index (χ2v) is 7.51. The van der Waals surface area contributed by atoms with Gasteiger partial charge in [-0.05, 0) is 29.2 Å². The smallest absolute Gasteiger partial charge is 0.225 e. The first-order chi connectivity index (χ1) is 13.6. The first kappa shape index (κ1) is 23.1. The second kappa shape index (κ2) is 11.1. The van der Waals surface area contributed by atoms with Crippen LogP contribution in [0.2, 0.25) is 0 Å². The maximum atomic E-state index is 12.0. The van der Waals surface area contributed by atoms with Crippen molar-refractivity contribution in [3.8, 4) is 0 Å². The van der Waals surface area contributed by atoms with Crippen LogP contribution in [0.3, 0.4) is 0 Å². The molecular formula is C22H30IN5O. The molecule has 7 heteroatoms. The third-order valence-corrected chi connectivity index (χ3v) is 5.25. The SMILES string of the molecule is CN=C(NCC1CC(=O)Nc2ccccc21)NCC(c1cccnc1)C(C)C.I. The van der Waals surface area contributed by atoms with Crippen LogP contribution >= 0.6 is 24.0 Å². The number of pyridine rings is 1. The van der Waals surface area contributed by atoms with Crippen molar-refractivity contribution in [3.05, 3.63) is 59.9 Å². The van der Waals surface area contributed by atoms with Crippen molar-refractivity contribution in [1.82, 2.24) is 15.6 Å². The summed E-state index contributed by atoms with van der Waals surface area (Å²) in [6.07, 6.45) is 4.21. The fourth-order valence-corrected chi connectivity index (χ4v) is 3.66. The van der Waals surface area contributed by atoms with Gasteiger partial charge in [-0.1, -0.05) is 38.1 Å². The monoisotopic (exact) mass is 507 g/mol. The fraction of sp³-hybridized carbons (Fsp3) is 0.409. The van der Waals surface area contributed by atoms with Crippen molar-refractivity contribution in [2.24, 2.45) is 10.9 Å². The number of para-hydroxylation sites is 1. The van der Waals surface area contributed by atoms with E-state index in [1.54, 1.807) is 13.2 Å². The lowest BCUT2D eigenvalue weighted by atomic mass is 9.89. The Labute approximate surface area is 190 Å². The van der Waals surface area contributed by atoms with Gasteiger partial charge in [0.1, 0.15) is 0 Å². The summed E-state index contributed by atoms with van der Waals surface area (Å²) in [5.74, 6) is 1.75. The molecule has 29 heavy (non-hydrogen) atoms. The average molecular weight is 507 g/mol. The third-order valence-electron chi connectivity index (χ3n) is 5.25. The molecule has 0 saturated carbocycles. The molecule has 1 aromatic heterocycles. The topological polar surface area (TPSA) is 78.4 Å². The number of benzene rings is 1. The summed E-state index contributed by atoms with van der Waals surface area (Å²) in [4.78, 5) is 20.6. The molecule has 0 spiro atoms. The molecule has 2 unspecified atom stereocenters. The number of nitrogens with zero attached hydrogens (tertiary/aromatic N) is 2. The van der Waals surface area contributed by atoms with Crippen LogP contribution in [-0.2, 0) is 4.79 Å². The molecule has 1 aliphatic heterocycles. The number of aromatic nitrogens is 1. The van der Waals surface area contributed by atoms with Crippen LogP contribution in [0.1, 0.15) is 43.2 Å². The van der Waals surface area contributed by atoms with Crippen molar-refractivity contribution in [2.45, 2.75) is 32.1 Å². The van der Waals surface area contributed by atoms with E-state index >= 15 is 0 Å². The van der Waals surface area contributed by atoms with E-state index in [-0.39, 0.29) is 35.8 Å². The van der Waals surface area contributed by atoms with Crippen molar-refractivity contribution < 1.29 is 4.79 Å². The zero-order valence-corrected chi connectivity index (χ0v) is 19.5. The van der Waals surface area contributed by atoms with Crippen LogP contribution in [0.5, 0.6) is 0 Å². The molecule has 156 valence electrons. The van der Waals surface area contributed by atoms with Gasteiger partial charge in [-0.3, -0.25) is 14.8 Å². The quantitative estimate of drug-likeness (QED) is 0.317. The van der Waals surface area contributed by atoms with Gasteiger partial charge in [0, 0.05) is 56.5 Å². The number of aliphatic imine (C=N–C) groups is 1. The van der Waals surface area contributed by atoms with Gasteiger partial charge >= 0.3 is 0 Å². The van der Waals surface area contributed by atoms with Crippen molar-refractivity contribution in [3.63, 3.8) is 0 Å². The molecule has 3 N–H and O–H groups in total. The van der Waals surface area contributed by atoms with E-state index in [0.29, 0.717) is 24.8 Å². The lowest BCUT2D eigenvalue weighted by molar-refractivity contribution is -0.116. The molecule has 0 aliphatic carbocycles. The minimum Gasteiger partial charge on any atom is -0.356 e. The molecule has 6 nitrogen and oxygen atoms in total. The van der Waals surface area contributed by atoms with Crippen LogP contribution in [0.4, 0.5) is 5.69 Å². The van der Waals surface area contributed by atoms with Crippen LogP contribution in [0.15, 0.2) is 53.8 Å². The fourth-order valence-electron chi connectivity index (χ4n) is 3.66. The van der Waals surface area contributed by atoms with Crippen molar-refractivity contribution in [2.75, 3.05) is 25.5 Å². The van der Waals surface area contributed by atoms with E-state index < -0.39 is 0 Å². The summed E-state index contributed by atoms with van der Waals surface area (Å²) in [7, 11) is 1.77. The summed E-state index contributed by atoms with van der Waals surface area (Å²) in [6, 6.07) is 12.1. The highest BCUT2D eigenvalue weighted by molar-refractivity contribution is 14.0. The Morgan fingerprint density at radius 2 is 2.03 bits per heavy atom. The Morgan fingerprint density at radius 3 is 2.72 bits per heavy atom. The number of hydrogen-bond donors (Lipinski definition) is 3. The van der Waals surface area contributed by atoms with E-state index in [1.807, 2.05) is 30.5 Å². The van der Waals surface area contributed by atoms with Crippen LogP contribution in [0, 0.1) is 5.92 Å². The Kier molecular flexibility index (Phi) is 8.88. The molecule has 0 radical (unpaired) electrons. The first-order valence-electron chi connectivity index (χ1n) is 9.81. The predicted molar refractivity (Wildman–Crippen MR) is 129 cm³/mol. The molecular weight excluding hydrogens is 477 g/mol. The molecule has 1 amide bonds. The van der Waals surface area contributed by atoms with Gasteiger partial charge in [0.15, 0.2) is 5.96 Å². The Morgan fingerprint density at radius 1 is 1.24 bits per heavy atom. The second-order valence-electron chi connectivity index (χ2n) is 7.51. The van der Waals surface area contributed by atoms with Gasteiger partial charge in [0.2, 0.25) is 5.91 Å². The van der Waals surface area contributed by atoms with Crippen LogP contribution < -0.4 is 16.0 Å². The molecule has 0 fully saturated rings. The van der Waals surface area contributed by atoms with E-state index in [2.05, 4.69) is 51.9 Å². The molecule has 0 bridgehead atoms. The number of guanidine groups is 1. The summed E-state index contributed by atoms with van der Waals surface area (Å²) >= 11 is 0. The number of fused-ring (bicyclic) bond motifs is 1. The van der Waals surface area contributed by atoms with Crippen molar-refractivity contribution in [1.29, 1.82) is 0 Å². The summed E-state index contributed by atoms with van der Waals surface area (Å²) in [5.41, 5.74) is 3.30. The molecule has 0 saturated heterocycles. The van der Waals surface area contributed by atoms with Gasteiger partial charge < -0.3 is 16.0 Å². The number of hydrogen-bond acceptors (Lipinski definition) is 3. The van der Waals surface area contributed by atoms with E-state index in [9.17, 15) is 4.79 Å². The summed E-state index contributed by atoms with van der Waals surface area (Å²) in [6.45, 7) is 5.86. The Bertz CT molecular complexity index is 825. The lowest BCUT2D eigenvalue weighted by Crippen LogP contribution is -2.42. The number of anilines is 1. The number of carbonyl (C=O) groups is 1. The maximum Gasteiger partial charge on any atom is 0.225 e. The minimum absolute atomic E-state index is 0. The lowest BCUT2D eigenvalue weighted by Gasteiger charge is -2.27. The van der Waals surface area contributed by atoms with Gasteiger partial charge in [0.25, 0.3) is 0 Å². The minimum atomic E-state index is 0. The van der Waals surface area contributed by atoms with E-state index in [1.165, 1.54) is 11.1 Å². The molecule has 2 aromatic rings. The summed E-state index contributed by atoms with van der Waals surface area (Å²) in [5, 5.41) is 9.77. The molecule has 2 atom stereocenters. The number of carbonyl (C=O) groups excluding carboxylic acids is 1. The number of nitrogens with one attached hydrogen (secondary N) is 3. The average Bonchev–Trinajstić information content (AvgIpc) is 2.70. The zero-order valence-electron chi connectivity index (χ0n) is 17.2. The van der Waals surface area contributed by atoms with Gasteiger partial charge in [-0.25, -0.2) is 0 Å². The zero-order chi connectivity index (χ0) is 19.9. The molecule has 2 heterocycles. The number of rotatable bonds is 6. The standard InChI is InChI=1S/C22H29N5O.HI/c1-15(2)19(16-7-6-10-24-12-16)14-26-22(23-3)25-13-17-11-21(28)27-20-9-5-4-8-18(17)20;/h4-10,12,15,17,19H,11,13-14H2,1-3H3,(H,27,28)(H2,23,25,26);1H. The summed E-state index contributed by atoms with van der Waals surface area (Å²) < 4.78 is 0. The predicted octanol–water partition coefficient (Wildman–Crippen LogP) is 3.73.